The molecule has 0 saturated heterocycles. The number of hydrogen-bond acceptors (Lipinski definition) is 4. The van der Waals surface area contributed by atoms with Gasteiger partial charge in [-0.15, -0.1) is 0 Å². The molecule has 0 aromatic heterocycles. The predicted molar refractivity (Wildman–Crippen MR) is 81.9 cm³/mol. The Morgan fingerprint density at radius 3 is 2.64 bits per heavy atom. The van der Waals surface area contributed by atoms with Crippen LogP contribution in [-0.2, 0) is 0 Å². The second-order valence-electron chi connectivity index (χ2n) is 4.88. The number of nitrogens with one attached hydrogen (secondary N) is 1. The SMILES string of the molecule is O=C(O)c1ccc2c(c1)NC(=O)c1ccccc1N2CCO. The first-order valence-electron chi connectivity index (χ1n) is 6.78. The van der Waals surface area contributed by atoms with Gasteiger partial charge in [0.25, 0.3) is 5.91 Å². The molecule has 1 aliphatic heterocycles. The Balaban J connectivity index is 2.20. The van der Waals surface area contributed by atoms with E-state index in [-0.39, 0.29) is 18.1 Å². The summed E-state index contributed by atoms with van der Waals surface area (Å²) in [5, 5.41) is 21.2. The van der Waals surface area contributed by atoms with Crippen LogP contribution in [0.4, 0.5) is 17.1 Å². The Hall–Kier alpha value is -2.86. The molecular weight excluding hydrogens is 284 g/mol. The summed E-state index contributed by atoms with van der Waals surface area (Å²) in [6.07, 6.45) is 0. The Labute approximate surface area is 126 Å². The molecule has 0 aliphatic carbocycles. The van der Waals surface area contributed by atoms with Crippen molar-refractivity contribution in [2.75, 3.05) is 23.4 Å². The van der Waals surface area contributed by atoms with Crippen molar-refractivity contribution in [2.45, 2.75) is 0 Å². The Morgan fingerprint density at radius 2 is 1.91 bits per heavy atom. The summed E-state index contributed by atoms with van der Waals surface area (Å²) in [6.45, 7) is 0.202. The largest absolute Gasteiger partial charge is 0.478 e. The number of amides is 1. The molecule has 3 rings (SSSR count). The van der Waals surface area contributed by atoms with Gasteiger partial charge in [-0.2, -0.15) is 0 Å². The molecule has 0 spiro atoms. The number of aliphatic hydroxyl groups is 1. The molecule has 6 heteroatoms. The predicted octanol–water partition coefficient (Wildman–Crippen LogP) is 2.08. The van der Waals surface area contributed by atoms with Crippen molar-refractivity contribution in [3.63, 3.8) is 0 Å². The lowest BCUT2D eigenvalue weighted by Crippen LogP contribution is -2.21. The smallest absolute Gasteiger partial charge is 0.335 e. The van der Waals surface area contributed by atoms with Crippen molar-refractivity contribution < 1.29 is 19.8 Å². The highest BCUT2D eigenvalue weighted by atomic mass is 16.4. The van der Waals surface area contributed by atoms with Gasteiger partial charge in [0.15, 0.2) is 0 Å². The van der Waals surface area contributed by atoms with E-state index >= 15 is 0 Å². The molecule has 2 aromatic carbocycles. The Bertz CT molecular complexity index is 758. The topological polar surface area (TPSA) is 89.9 Å². The molecule has 112 valence electrons. The number of anilines is 3. The molecular formula is C16H14N2O4. The van der Waals surface area contributed by atoms with Crippen LogP contribution in [0.1, 0.15) is 20.7 Å². The fourth-order valence-corrected chi connectivity index (χ4v) is 2.57. The molecule has 22 heavy (non-hydrogen) atoms. The van der Waals surface area contributed by atoms with E-state index in [1.54, 1.807) is 29.2 Å². The minimum Gasteiger partial charge on any atom is -0.478 e. The number of β-amino-alcohol motifs (C(OH)–C–C–N with tert-alkyl or cyclic N) is 1. The van der Waals surface area contributed by atoms with Gasteiger partial charge in [-0.25, -0.2) is 4.79 Å². The van der Waals surface area contributed by atoms with Crippen molar-refractivity contribution in [1.29, 1.82) is 0 Å². The van der Waals surface area contributed by atoms with Gasteiger partial charge in [0.05, 0.1) is 34.8 Å². The highest BCUT2D eigenvalue weighted by Crippen LogP contribution is 2.37. The number of hydrogen-bond donors (Lipinski definition) is 3. The lowest BCUT2D eigenvalue weighted by Gasteiger charge is -2.25. The van der Waals surface area contributed by atoms with Crippen molar-refractivity contribution in [3.8, 4) is 0 Å². The van der Waals surface area contributed by atoms with E-state index in [0.717, 1.165) is 0 Å². The molecule has 0 fully saturated rings. The fraction of sp³-hybridized carbons (Fsp3) is 0.125. The van der Waals surface area contributed by atoms with E-state index in [9.17, 15) is 14.7 Å². The number of nitrogens with zero attached hydrogens (tertiary/aromatic N) is 1. The Morgan fingerprint density at radius 1 is 1.14 bits per heavy atom. The number of aromatic carboxylic acids is 1. The zero-order valence-electron chi connectivity index (χ0n) is 11.6. The first-order valence-corrected chi connectivity index (χ1v) is 6.78. The molecule has 3 N–H and O–H groups in total. The van der Waals surface area contributed by atoms with Crippen molar-refractivity contribution >= 4 is 28.9 Å². The first kappa shape index (κ1) is 14.1. The number of benzene rings is 2. The van der Waals surface area contributed by atoms with Crippen molar-refractivity contribution in [1.82, 2.24) is 0 Å². The monoisotopic (exact) mass is 298 g/mol. The lowest BCUT2D eigenvalue weighted by molar-refractivity contribution is 0.0696. The van der Waals surface area contributed by atoms with Crippen LogP contribution in [-0.4, -0.2) is 35.2 Å². The first-order chi connectivity index (χ1) is 10.6. The minimum absolute atomic E-state index is 0.0916. The van der Waals surface area contributed by atoms with E-state index in [2.05, 4.69) is 5.32 Å². The number of rotatable bonds is 3. The average molecular weight is 298 g/mol. The summed E-state index contributed by atoms with van der Waals surface area (Å²) in [7, 11) is 0. The van der Waals surface area contributed by atoms with Crippen LogP contribution >= 0.6 is 0 Å². The van der Waals surface area contributed by atoms with Crippen molar-refractivity contribution in [3.05, 3.63) is 53.6 Å². The highest BCUT2D eigenvalue weighted by Gasteiger charge is 2.25. The molecule has 6 nitrogen and oxygen atoms in total. The van der Waals surface area contributed by atoms with Gasteiger partial charge < -0.3 is 20.4 Å². The molecule has 2 aromatic rings. The van der Waals surface area contributed by atoms with E-state index in [0.29, 0.717) is 29.2 Å². The third-order valence-electron chi connectivity index (χ3n) is 3.55. The second-order valence-corrected chi connectivity index (χ2v) is 4.88. The molecule has 0 saturated carbocycles. The zero-order chi connectivity index (χ0) is 15.7. The van der Waals surface area contributed by atoms with E-state index in [1.807, 2.05) is 6.07 Å². The number of para-hydroxylation sites is 1. The lowest BCUT2D eigenvalue weighted by atomic mass is 10.1. The number of aliphatic hydroxyl groups excluding tert-OH is 1. The van der Waals surface area contributed by atoms with Gasteiger partial charge in [0, 0.05) is 6.54 Å². The molecule has 1 amide bonds. The number of carbonyl (C=O) groups excluding carboxylic acids is 1. The summed E-state index contributed by atoms with van der Waals surface area (Å²) in [5.41, 5.74) is 2.31. The molecule has 1 heterocycles. The normalized spacial score (nSPS) is 13.0. The van der Waals surface area contributed by atoms with Crippen LogP contribution in [0.2, 0.25) is 0 Å². The standard InChI is InChI=1S/C16H14N2O4/c19-8-7-18-13-4-2-1-3-11(13)15(20)17-12-9-10(16(21)22)5-6-14(12)18/h1-6,9,19H,7-8H2,(H,17,20)(H,21,22). The minimum atomic E-state index is -1.06. The van der Waals surface area contributed by atoms with Crippen molar-refractivity contribution in [2.24, 2.45) is 0 Å². The molecule has 0 bridgehead atoms. The number of fused-ring (bicyclic) bond motifs is 2. The van der Waals surface area contributed by atoms with Gasteiger partial charge in [-0.1, -0.05) is 12.1 Å². The van der Waals surface area contributed by atoms with Gasteiger partial charge in [0.1, 0.15) is 0 Å². The summed E-state index contributed by atoms with van der Waals surface area (Å²) >= 11 is 0. The van der Waals surface area contributed by atoms with E-state index in [4.69, 9.17) is 5.11 Å². The number of carbonyl (C=O) groups is 2. The van der Waals surface area contributed by atoms with Gasteiger partial charge in [-0.05, 0) is 30.3 Å². The summed E-state index contributed by atoms with van der Waals surface area (Å²) in [4.78, 5) is 25.3. The Kier molecular flexibility index (Phi) is 3.52. The summed E-state index contributed by atoms with van der Waals surface area (Å²) in [6, 6.07) is 11.6. The fourth-order valence-electron chi connectivity index (χ4n) is 2.57. The summed E-state index contributed by atoms with van der Waals surface area (Å²) < 4.78 is 0. The number of carboxylic acids is 1. The van der Waals surface area contributed by atoms with Crippen LogP contribution in [0.15, 0.2) is 42.5 Å². The van der Waals surface area contributed by atoms with Crippen LogP contribution < -0.4 is 10.2 Å². The molecule has 0 unspecified atom stereocenters. The summed E-state index contributed by atoms with van der Waals surface area (Å²) in [5.74, 6) is -1.37. The van der Waals surface area contributed by atoms with Crippen LogP contribution in [0.5, 0.6) is 0 Å². The second kappa shape index (κ2) is 5.50. The third-order valence-corrected chi connectivity index (χ3v) is 3.55. The van der Waals surface area contributed by atoms with Crippen LogP contribution in [0.25, 0.3) is 0 Å². The molecule has 0 atom stereocenters. The molecule has 1 aliphatic rings. The van der Waals surface area contributed by atoms with Crippen LogP contribution in [0.3, 0.4) is 0 Å². The van der Waals surface area contributed by atoms with E-state index in [1.165, 1.54) is 12.1 Å². The average Bonchev–Trinajstić information content (AvgIpc) is 2.63. The van der Waals surface area contributed by atoms with Gasteiger partial charge >= 0.3 is 5.97 Å². The zero-order valence-corrected chi connectivity index (χ0v) is 11.6. The van der Waals surface area contributed by atoms with Gasteiger partial charge in [-0.3, -0.25) is 4.79 Å². The van der Waals surface area contributed by atoms with Crippen LogP contribution in [0, 0.1) is 0 Å². The quantitative estimate of drug-likeness (QED) is 0.807. The maximum absolute atomic E-state index is 12.4. The van der Waals surface area contributed by atoms with Gasteiger partial charge in [0.2, 0.25) is 0 Å². The van der Waals surface area contributed by atoms with E-state index < -0.39 is 5.97 Å². The molecule has 0 radical (unpaired) electrons. The third kappa shape index (κ3) is 2.29. The number of carboxylic acid groups (broad SMARTS) is 1. The highest BCUT2D eigenvalue weighted by molar-refractivity contribution is 6.13. The maximum atomic E-state index is 12.4. The maximum Gasteiger partial charge on any atom is 0.335 e.